The van der Waals surface area contributed by atoms with Gasteiger partial charge in [0.15, 0.2) is 0 Å². The van der Waals surface area contributed by atoms with Crippen LogP contribution < -0.4 is 5.32 Å². The molecule has 0 saturated carbocycles. The summed E-state index contributed by atoms with van der Waals surface area (Å²) in [6.07, 6.45) is 5.02. The number of hydrogen-bond acceptors (Lipinski definition) is 4. The fourth-order valence-electron chi connectivity index (χ4n) is 3.43. The fraction of sp³-hybridized carbons (Fsp3) is 1.00. The molecule has 0 aromatic rings. The number of rotatable bonds is 5. The fourth-order valence-corrected chi connectivity index (χ4v) is 3.43. The largest absolute Gasteiger partial charge is 0.380 e. The molecule has 0 spiro atoms. The Morgan fingerprint density at radius 1 is 1.37 bits per heavy atom. The van der Waals surface area contributed by atoms with Gasteiger partial charge in [-0.15, -0.1) is 0 Å². The molecule has 3 atom stereocenters. The molecule has 19 heavy (non-hydrogen) atoms. The van der Waals surface area contributed by atoms with Gasteiger partial charge in [0, 0.05) is 31.3 Å². The highest BCUT2D eigenvalue weighted by atomic mass is 16.5. The minimum Gasteiger partial charge on any atom is -0.380 e. The van der Waals surface area contributed by atoms with Crippen LogP contribution in [0.1, 0.15) is 32.6 Å². The predicted octanol–water partition coefficient (Wildman–Crippen LogP) is 1.17. The van der Waals surface area contributed by atoms with E-state index >= 15 is 0 Å². The Labute approximate surface area is 118 Å². The van der Waals surface area contributed by atoms with Crippen molar-refractivity contribution in [2.75, 3.05) is 46.9 Å². The third-order valence-corrected chi connectivity index (χ3v) is 4.68. The number of nitrogens with one attached hydrogen (secondary N) is 1. The van der Waals surface area contributed by atoms with E-state index in [1.54, 1.807) is 0 Å². The third kappa shape index (κ3) is 4.15. The predicted molar refractivity (Wildman–Crippen MR) is 79.6 cm³/mol. The van der Waals surface area contributed by atoms with Gasteiger partial charge in [-0.25, -0.2) is 0 Å². The first-order valence-electron chi connectivity index (χ1n) is 7.94. The molecular weight excluding hydrogens is 238 g/mol. The molecule has 3 unspecified atom stereocenters. The van der Waals surface area contributed by atoms with E-state index in [4.69, 9.17) is 4.74 Å². The van der Waals surface area contributed by atoms with Gasteiger partial charge in [0.2, 0.25) is 0 Å². The monoisotopic (exact) mass is 269 g/mol. The van der Waals surface area contributed by atoms with Crippen LogP contribution in [-0.2, 0) is 4.74 Å². The number of nitrogens with zero attached hydrogens (tertiary/aromatic N) is 2. The Balaban J connectivity index is 1.92. The summed E-state index contributed by atoms with van der Waals surface area (Å²) in [6.45, 7) is 7.62. The second-order valence-electron chi connectivity index (χ2n) is 6.22. The van der Waals surface area contributed by atoms with Crippen molar-refractivity contribution in [1.82, 2.24) is 15.1 Å². The van der Waals surface area contributed by atoms with Crippen molar-refractivity contribution < 1.29 is 4.74 Å². The second-order valence-corrected chi connectivity index (χ2v) is 6.22. The van der Waals surface area contributed by atoms with Crippen LogP contribution in [0.2, 0.25) is 0 Å². The summed E-state index contributed by atoms with van der Waals surface area (Å²) in [6, 6.07) is 1.83. The van der Waals surface area contributed by atoms with Crippen molar-refractivity contribution in [3.8, 4) is 0 Å². The van der Waals surface area contributed by atoms with Gasteiger partial charge in [-0.1, -0.05) is 6.92 Å². The minimum absolute atomic E-state index is 0.539. The van der Waals surface area contributed by atoms with Gasteiger partial charge in [-0.05, 0) is 52.9 Å². The third-order valence-electron chi connectivity index (χ3n) is 4.68. The normalized spacial score (nSPS) is 33.8. The van der Waals surface area contributed by atoms with Crippen molar-refractivity contribution >= 4 is 0 Å². The molecule has 0 bridgehead atoms. The van der Waals surface area contributed by atoms with Crippen LogP contribution in [0.3, 0.4) is 0 Å². The Morgan fingerprint density at radius 3 is 2.95 bits per heavy atom. The van der Waals surface area contributed by atoms with E-state index in [9.17, 15) is 0 Å². The van der Waals surface area contributed by atoms with Gasteiger partial charge in [0.1, 0.15) is 0 Å². The molecule has 0 aliphatic carbocycles. The Morgan fingerprint density at radius 2 is 2.21 bits per heavy atom. The van der Waals surface area contributed by atoms with Crippen LogP contribution in [0.15, 0.2) is 0 Å². The lowest BCUT2D eigenvalue weighted by Crippen LogP contribution is -2.59. The maximum absolute atomic E-state index is 5.74. The van der Waals surface area contributed by atoms with E-state index < -0.39 is 0 Å². The van der Waals surface area contributed by atoms with E-state index in [1.807, 2.05) is 0 Å². The summed E-state index contributed by atoms with van der Waals surface area (Å²) >= 11 is 0. The standard InChI is InChI=1S/C15H31N3O/c1-4-8-16-14-7-10-19-12-15(14)18(3)13-6-5-9-17(2)11-13/h13-16H,4-12H2,1-3H3. The summed E-state index contributed by atoms with van der Waals surface area (Å²) in [4.78, 5) is 5.05. The van der Waals surface area contributed by atoms with Gasteiger partial charge < -0.3 is 15.0 Å². The summed E-state index contributed by atoms with van der Waals surface area (Å²) in [7, 11) is 4.54. The van der Waals surface area contributed by atoms with Crippen LogP contribution in [0, 0.1) is 0 Å². The van der Waals surface area contributed by atoms with E-state index in [-0.39, 0.29) is 0 Å². The first-order chi connectivity index (χ1) is 9.22. The van der Waals surface area contributed by atoms with Crippen LogP contribution in [-0.4, -0.2) is 74.9 Å². The van der Waals surface area contributed by atoms with Gasteiger partial charge >= 0.3 is 0 Å². The van der Waals surface area contributed by atoms with Crippen molar-refractivity contribution in [1.29, 1.82) is 0 Å². The molecule has 0 radical (unpaired) electrons. The number of likely N-dealkylation sites (N-methyl/N-ethyl adjacent to an activating group) is 2. The van der Waals surface area contributed by atoms with Gasteiger partial charge in [-0.2, -0.15) is 0 Å². The second kappa shape index (κ2) is 7.58. The maximum atomic E-state index is 5.74. The van der Waals surface area contributed by atoms with E-state index in [2.05, 4.69) is 36.1 Å². The van der Waals surface area contributed by atoms with Crippen LogP contribution in [0.25, 0.3) is 0 Å². The lowest BCUT2D eigenvalue weighted by atomic mass is 9.97. The van der Waals surface area contributed by atoms with Gasteiger partial charge in [0.05, 0.1) is 6.61 Å². The zero-order chi connectivity index (χ0) is 13.7. The van der Waals surface area contributed by atoms with Gasteiger partial charge in [-0.3, -0.25) is 4.90 Å². The SMILES string of the molecule is CCCNC1CCOCC1N(C)C1CCCN(C)C1. The average molecular weight is 269 g/mol. The molecular formula is C15H31N3O. The Kier molecular flexibility index (Phi) is 6.07. The Bertz CT molecular complexity index is 262. The van der Waals surface area contributed by atoms with E-state index in [1.165, 1.54) is 32.4 Å². The van der Waals surface area contributed by atoms with Gasteiger partial charge in [0.25, 0.3) is 0 Å². The number of ether oxygens (including phenoxy) is 1. The molecule has 2 saturated heterocycles. The lowest BCUT2D eigenvalue weighted by Gasteiger charge is -2.44. The molecule has 1 N–H and O–H groups in total. The Hall–Kier alpha value is -0.160. The molecule has 2 aliphatic heterocycles. The minimum atomic E-state index is 0.539. The van der Waals surface area contributed by atoms with Crippen molar-refractivity contribution in [2.24, 2.45) is 0 Å². The van der Waals surface area contributed by atoms with Crippen molar-refractivity contribution in [2.45, 2.75) is 50.7 Å². The first-order valence-corrected chi connectivity index (χ1v) is 7.94. The summed E-state index contributed by atoms with van der Waals surface area (Å²) in [5, 5.41) is 3.72. The zero-order valence-corrected chi connectivity index (χ0v) is 12.9. The van der Waals surface area contributed by atoms with Crippen molar-refractivity contribution in [3.63, 3.8) is 0 Å². The van der Waals surface area contributed by atoms with E-state index in [0.717, 1.165) is 26.2 Å². The number of likely N-dealkylation sites (tertiary alicyclic amines) is 1. The van der Waals surface area contributed by atoms with Crippen LogP contribution in [0.4, 0.5) is 0 Å². The van der Waals surface area contributed by atoms with E-state index in [0.29, 0.717) is 18.1 Å². The highest BCUT2D eigenvalue weighted by molar-refractivity contribution is 4.90. The number of piperidine rings is 1. The van der Waals surface area contributed by atoms with Crippen LogP contribution in [0.5, 0.6) is 0 Å². The van der Waals surface area contributed by atoms with Crippen molar-refractivity contribution in [3.05, 3.63) is 0 Å². The molecule has 0 amide bonds. The molecule has 0 aromatic carbocycles. The number of hydrogen-bond donors (Lipinski definition) is 1. The summed E-state index contributed by atoms with van der Waals surface area (Å²) in [5.41, 5.74) is 0. The molecule has 4 heteroatoms. The topological polar surface area (TPSA) is 27.7 Å². The molecule has 4 nitrogen and oxygen atoms in total. The summed E-state index contributed by atoms with van der Waals surface area (Å²) in [5.74, 6) is 0. The zero-order valence-electron chi connectivity index (χ0n) is 12.9. The highest BCUT2D eigenvalue weighted by Crippen LogP contribution is 2.20. The quantitative estimate of drug-likeness (QED) is 0.811. The lowest BCUT2D eigenvalue weighted by molar-refractivity contribution is -0.0192. The molecule has 112 valence electrons. The first kappa shape index (κ1) is 15.2. The molecule has 2 heterocycles. The molecule has 2 aliphatic rings. The molecule has 2 rings (SSSR count). The average Bonchev–Trinajstić information content (AvgIpc) is 2.44. The smallest absolute Gasteiger partial charge is 0.0637 e. The molecule has 0 aromatic heterocycles. The van der Waals surface area contributed by atoms with Crippen LogP contribution >= 0.6 is 0 Å². The highest BCUT2D eigenvalue weighted by Gasteiger charge is 2.33. The summed E-state index contributed by atoms with van der Waals surface area (Å²) < 4.78 is 5.74. The maximum Gasteiger partial charge on any atom is 0.0637 e. The molecule has 2 fully saturated rings.